The monoisotopic (exact) mass is 227 g/mol. The van der Waals surface area contributed by atoms with Crippen LogP contribution in [0.3, 0.4) is 0 Å². The first-order valence-corrected chi connectivity index (χ1v) is 4.29. The molecular weight excluding hydrogens is 222 g/mol. The summed E-state index contributed by atoms with van der Waals surface area (Å²) in [6, 6.07) is 5.79. The molecule has 1 aromatic carbocycles. The van der Waals surface area contributed by atoms with Crippen molar-refractivity contribution in [3.05, 3.63) is 28.2 Å². The molecule has 0 aromatic heterocycles. The second kappa shape index (κ2) is 3.77. The second-order valence-corrected chi connectivity index (χ2v) is 3.12. The molecule has 1 rings (SSSR count). The molecule has 0 aliphatic carbocycles. The van der Waals surface area contributed by atoms with Crippen molar-refractivity contribution in [3.63, 3.8) is 0 Å². The number of hydrogen-bond acceptors (Lipinski definition) is 2. The van der Waals surface area contributed by atoms with Crippen LogP contribution in [0.15, 0.2) is 27.7 Å². The summed E-state index contributed by atoms with van der Waals surface area (Å²) in [6.07, 6.45) is 0. The summed E-state index contributed by atoms with van der Waals surface area (Å²) in [6.45, 7) is 1.98. The number of rotatable bonds is 1. The zero-order valence-corrected chi connectivity index (χ0v) is 8.37. The summed E-state index contributed by atoms with van der Waals surface area (Å²) in [7, 11) is 0. The van der Waals surface area contributed by atoms with Gasteiger partial charge in [0.05, 0.1) is 10.8 Å². The van der Waals surface area contributed by atoms with E-state index in [4.69, 9.17) is 0 Å². The van der Waals surface area contributed by atoms with Crippen molar-refractivity contribution in [1.29, 1.82) is 0 Å². The molecule has 1 aromatic rings. The molecule has 0 saturated heterocycles. The molecule has 0 N–H and O–H groups in total. The molecule has 0 spiro atoms. The molecule has 0 aliphatic rings. The van der Waals surface area contributed by atoms with Gasteiger partial charge in [0.1, 0.15) is 0 Å². The van der Waals surface area contributed by atoms with Gasteiger partial charge in [-0.3, -0.25) is 0 Å². The first kappa shape index (κ1) is 8.60. The molecule has 0 unspecified atom stereocenters. The third-order valence-electron chi connectivity index (χ3n) is 1.41. The van der Waals surface area contributed by atoms with Crippen LogP contribution in [0.2, 0.25) is 0 Å². The van der Waals surface area contributed by atoms with E-state index in [2.05, 4.69) is 38.3 Å². The Hall–Kier alpha value is -0.500. The van der Waals surface area contributed by atoms with Crippen LogP contribution in [-0.4, -0.2) is 5.16 Å². The van der Waals surface area contributed by atoms with Gasteiger partial charge in [0.25, 0.3) is 0 Å². The standard InChI is InChI=1S/C8H6BrNS/c1-6-7(9)3-2-4-8(6)10-5-11/h2-4H,1H3. The number of halogens is 1. The molecule has 1 nitrogen and oxygen atoms in total. The van der Waals surface area contributed by atoms with Crippen molar-refractivity contribution in [2.45, 2.75) is 6.92 Å². The van der Waals surface area contributed by atoms with E-state index in [1.807, 2.05) is 25.1 Å². The van der Waals surface area contributed by atoms with Gasteiger partial charge in [-0.05, 0) is 36.8 Å². The minimum Gasteiger partial charge on any atom is -0.194 e. The fourth-order valence-corrected chi connectivity index (χ4v) is 1.22. The average Bonchev–Trinajstić information content (AvgIpc) is 1.99. The predicted molar refractivity (Wildman–Crippen MR) is 53.6 cm³/mol. The normalized spacial score (nSPS) is 8.91. The van der Waals surface area contributed by atoms with Gasteiger partial charge in [0.2, 0.25) is 0 Å². The van der Waals surface area contributed by atoms with Gasteiger partial charge in [-0.2, -0.15) is 4.99 Å². The third kappa shape index (κ3) is 1.96. The molecule has 11 heavy (non-hydrogen) atoms. The van der Waals surface area contributed by atoms with Crippen molar-refractivity contribution < 1.29 is 0 Å². The highest BCUT2D eigenvalue weighted by Gasteiger charge is 1.97. The Morgan fingerprint density at radius 2 is 2.27 bits per heavy atom. The summed E-state index contributed by atoms with van der Waals surface area (Å²) < 4.78 is 1.05. The molecule has 0 saturated carbocycles. The van der Waals surface area contributed by atoms with Gasteiger partial charge >= 0.3 is 0 Å². The van der Waals surface area contributed by atoms with E-state index in [-0.39, 0.29) is 0 Å². The number of aliphatic imine (C=N–C) groups is 1. The maximum Gasteiger partial charge on any atom is 0.0779 e. The fraction of sp³-hybridized carbons (Fsp3) is 0.125. The first-order valence-electron chi connectivity index (χ1n) is 3.08. The van der Waals surface area contributed by atoms with Gasteiger partial charge in [0, 0.05) is 4.47 Å². The molecule has 0 heterocycles. The Kier molecular flexibility index (Phi) is 2.94. The van der Waals surface area contributed by atoms with E-state index in [1.54, 1.807) is 0 Å². The topological polar surface area (TPSA) is 12.4 Å². The minimum atomic E-state index is 0.870. The Balaban J connectivity index is 3.26. The number of hydrogen-bond donors (Lipinski definition) is 0. The number of benzene rings is 1. The van der Waals surface area contributed by atoms with E-state index in [1.165, 1.54) is 0 Å². The SMILES string of the molecule is Cc1c(Br)cccc1N=C=S. The lowest BCUT2D eigenvalue weighted by molar-refractivity contribution is 1.38. The van der Waals surface area contributed by atoms with E-state index < -0.39 is 0 Å². The quantitative estimate of drug-likeness (QED) is 0.529. The fourth-order valence-electron chi connectivity index (χ4n) is 0.766. The molecule has 0 radical (unpaired) electrons. The van der Waals surface area contributed by atoms with Crippen LogP contribution in [0.4, 0.5) is 5.69 Å². The first-order chi connectivity index (χ1) is 5.25. The van der Waals surface area contributed by atoms with E-state index >= 15 is 0 Å². The highest BCUT2D eigenvalue weighted by atomic mass is 79.9. The second-order valence-electron chi connectivity index (χ2n) is 2.09. The Labute approximate surface area is 79.3 Å². The summed E-state index contributed by atoms with van der Waals surface area (Å²) in [4.78, 5) is 3.90. The van der Waals surface area contributed by atoms with Gasteiger partial charge in [-0.1, -0.05) is 22.0 Å². The Bertz CT molecular complexity index is 316. The van der Waals surface area contributed by atoms with Gasteiger partial charge in [-0.25, -0.2) is 0 Å². The van der Waals surface area contributed by atoms with Crippen molar-refractivity contribution in [2.24, 2.45) is 4.99 Å². The molecule has 0 bridgehead atoms. The lowest BCUT2D eigenvalue weighted by atomic mass is 10.2. The number of isothiocyanates is 1. The highest BCUT2D eigenvalue weighted by Crippen LogP contribution is 2.25. The molecule has 0 atom stereocenters. The Morgan fingerprint density at radius 3 is 2.91 bits per heavy atom. The van der Waals surface area contributed by atoms with Crippen molar-refractivity contribution in [2.75, 3.05) is 0 Å². The summed E-state index contributed by atoms with van der Waals surface area (Å²) in [5, 5.41) is 2.34. The van der Waals surface area contributed by atoms with Crippen LogP contribution in [0.1, 0.15) is 5.56 Å². The smallest absolute Gasteiger partial charge is 0.0779 e. The maximum atomic E-state index is 4.50. The summed E-state index contributed by atoms with van der Waals surface area (Å²) in [5.74, 6) is 0. The summed E-state index contributed by atoms with van der Waals surface area (Å²) in [5.41, 5.74) is 1.96. The van der Waals surface area contributed by atoms with Crippen LogP contribution < -0.4 is 0 Å². The van der Waals surface area contributed by atoms with Crippen LogP contribution in [-0.2, 0) is 0 Å². The largest absolute Gasteiger partial charge is 0.194 e. The molecular formula is C8H6BrNS. The zero-order chi connectivity index (χ0) is 8.27. The summed E-state index contributed by atoms with van der Waals surface area (Å²) >= 11 is 7.90. The lowest BCUT2D eigenvalue weighted by Gasteiger charge is -1.98. The Morgan fingerprint density at radius 1 is 1.55 bits per heavy atom. The molecule has 0 amide bonds. The maximum absolute atomic E-state index is 4.50. The molecule has 56 valence electrons. The highest BCUT2D eigenvalue weighted by molar-refractivity contribution is 9.10. The van der Waals surface area contributed by atoms with Crippen LogP contribution in [0.5, 0.6) is 0 Å². The molecule has 3 heteroatoms. The van der Waals surface area contributed by atoms with Gasteiger partial charge in [0.15, 0.2) is 0 Å². The van der Waals surface area contributed by atoms with Crippen molar-refractivity contribution in [3.8, 4) is 0 Å². The van der Waals surface area contributed by atoms with Gasteiger partial charge < -0.3 is 0 Å². The van der Waals surface area contributed by atoms with E-state index in [9.17, 15) is 0 Å². The van der Waals surface area contributed by atoms with Crippen molar-refractivity contribution in [1.82, 2.24) is 0 Å². The van der Waals surface area contributed by atoms with Crippen LogP contribution in [0, 0.1) is 6.92 Å². The minimum absolute atomic E-state index is 0.870. The van der Waals surface area contributed by atoms with Gasteiger partial charge in [-0.15, -0.1) is 0 Å². The van der Waals surface area contributed by atoms with Crippen LogP contribution in [0.25, 0.3) is 0 Å². The van der Waals surface area contributed by atoms with E-state index in [0.717, 1.165) is 15.7 Å². The number of thiocarbonyl (C=S) groups is 1. The van der Waals surface area contributed by atoms with Crippen LogP contribution >= 0.6 is 28.1 Å². The molecule has 0 aliphatic heterocycles. The predicted octanol–water partition coefficient (Wildman–Crippen LogP) is 3.49. The van der Waals surface area contributed by atoms with E-state index in [0.29, 0.717) is 0 Å². The molecule has 0 fully saturated rings. The average molecular weight is 228 g/mol. The third-order valence-corrected chi connectivity index (χ3v) is 2.36. The zero-order valence-electron chi connectivity index (χ0n) is 5.97. The lowest BCUT2D eigenvalue weighted by Crippen LogP contribution is -1.74. The van der Waals surface area contributed by atoms with Crippen molar-refractivity contribution >= 4 is 39.0 Å². The number of nitrogens with zero attached hydrogens (tertiary/aromatic N) is 1.